The summed E-state index contributed by atoms with van der Waals surface area (Å²) in [6.45, 7) is 0.221. The van der Waals surface area contributed by atoms with Gasteiger partial charge >= 0.3 is 6.18 Å². The van der Waals surface area contributed by atoms with Crippen LogP contribution in [0.5, 0.6) is 0 Å². The highest BCUT2D eigenvalue weighted by Crippen LogP contribution is 2.38. The van der Waals surface area contributed by atoms with Crippen molar-refractivity contribution in [1.82, 2.24) is 4.90 Å². The fraction of sp³-hybridized carbons (Fsp3) is 1.00. The summed E-state index contributed by atoms with van der Waals surface area (Å²) in [5, 5.41) is 0. The molecule has 2 saturated heterocycles. The van der Waals surface area contributed by atoms with Gasteiger partial charge in [0.15, 0.2) is 0 Å². The van der Waals surface area contributed by atoms with Gasteiger partial charge in [-0.1, -0.05) is 0 Å². The Morgan fingerprint density at radius 1 is 1.00 bits per heavy atom. The zero-order valence-electron chi connectivity index (χ0n) is 7.48. The SMILES string of the molecule is FC(F)(F)CCN1C2CCC1CC2. The van der Waals surface area contributed by atoms with Crippen molar-refractivity contribution in [3.63, 3.8) is 0 Å². The van der Waals surface area contributed by atoms with E-state index in [0.29, 0.717) is 12.1 Å². The highest BCUT2D eigenvalue weighted by atomic mass is 19.4. The van der Waals surface area contributed by atoms with Crippen molar-refractivity contribution in [3.8, 4) is 0 Å². The molecule has 0 saturated carbocycles. The van der Waals surface area contributed by atoms with Gasteiger partial charge in [0.25, 0.3) is 0 Å². The first-order valence-corrected chi connectivity index (χ1v) is 4.89. The maximum absolute atomic E-state index is 12.0. The van der Waals surface area contributed by atoms with E-state index in [4.69, 9.17) is 0 Å². The molecule has 0 spiro atoms. The lowest BCUT2D eigenvalue weighted by Gasteiger charge is -2.21. The topological polar surface area (TPSA) is 3.24 Å². The second-order valence-electron chi connectivity index (χ2n) is 4.07. The lowest BCUT2D eigenvalue weighted by atomic mass is 10.0. The molecule has 4 heteroatoms. The molecule has 2 aliphatic heterocycles. The molecule has 2 bridgehead atoms. The van der Waals surface area contributed by atoms with Gasteiger partial charge in [0, 0.05) is 18.6 Å². The number of halogens is 3. The molecule has 0 aliphatic carbocycles. The second kappa shape index (κ2) is 3.15. The first kappa shape index (κ1) is 9.31. The van der Waals surface area contributed by atoms with Crippen LogP contribution in [0, 0.1) is 0 Å². The van der Waals surface area contributed by atoms with Gasteiger partial charge in [-0.25, -0.2) is 0 Å². The van der Waals surface area contributed by atoms with Crippen LogP contribution in [0.4, 0.5) is 13.2 Å². The van der Waals surface area contributed by atoms with Crippen LogP contribution in [0.15, 0.2) is 0 Å². The summed E-state index contributed by atoms with van der Waals surface area (Å²) in [4.78, 5) is 2.06. The van der Waals surface area contributed by atoms with Gasteiger partial charge in [-0.15, -0.1) is 0 Å². The molecule has 2 fully saturated rings. The van der Waals surface area contributed by atoms with Gasteiger partial charge in [-0.2, -0.15) is 13.2 Å². The highest BCUT2D eigenvalue weighted by molar-refractivity contribution is 4.94. The Bertz CT molecular complexity index is 170. The highest BCUT2D eigenvalue weighted by Gasteiger charge is 2.40. The number of hydrogen-bond donors (Lipinski definition) is 0. The van der Waals surface area contributed by atoms with Crippen LogP contribution in [-0.2, 0) is 0 Å². The van der Waals surface area contributed by atoms with E-state index >= 15 is 0 Å². The first-order valence-electron chi connectivity index (χ1n) is 4.89. The number of nitrogens with zero attached hydrogens (tertiary/aromatic N) is 1. The van der Waals surface area contributed by atoms with Crippen LogP contribution in [0.1, 0.15) is 32.1 Å². The number of hydrogen-bond acceptors (Lipinski definition) is 1. The molecule has 0 aromatic rings. The molecule has 0 N–H and O–H groups in total. The molecule has 0 unspecified atom stereocenters. The van der Waals surface area contributed by atoms with E-state index in [1.807, 2.05) is 0 Å². The van der Waals surface area contributed by atoms with Crippen LogP contribution in [0.25, 0.3) is 0 Å². The van der Waals surface area contributed by atoms with E-state index in [-0.39, 0.29) is 6.54 Å². The number of fused-ring (bicyclic) bond motifs is 2. The Labute approximate surface area is 75.9 Å². The third kappa shape index (κ3) is 1.98. The standard InChI is InChI=1S/C9H14F3N/c10-9(11,12)5-6-13-7-1-2-8(13)4-3-7/h7-8H,1-6H2. The van der Waals surface area contributed by atoms with E-state index in [2.05, 4.69) is 4.90 Å². The molecule has 2 aliphatic rings. The summed E-state index contributed by atoms with van der Waals surface area (Å²) in [5.74, 6) is 0. The Hall–Kier alpha value is -0.250. The molecule has 2 heterocycles. The Kier molecular flexibility index (Phi) is 2.26. The van der Waals surface area contributed by atoms with Crippen molar-refractivity contribution in [2.45, 2.75) is 50.4 Å². The molecule has 0 amide bonds. The third-order valence-electron chi connectivity index (χ3n) is 3.26. The van der Waals surface area contributed by atoms with Gasteiger partial charge in [-0.05, 0) is 25.7 Å². The minimum atomic E-state index is -3.98. The van der Waals surface area contributed by atoms with Crippen molar-refractivity contribution in [2.75, 3.05) is 6.54 Å². The fourth-order valence-corrected chi connectivity index (χ4v) is 2.64. The van der Waals surface area contributed by atoms with Crippen molar-refractivity contribution in [2.24, 2.45) is 0 Å². The summed E-state index contributed by atoms with van der Waals surface area (Å²) in [6.07, 6.45) is -0.169. The average molecular weight is 193 g/mol. The quantitative estimate of drug-likeness (QED) is 0.651. The minimum Gasteiger partial charge on any atom is -0.297 e. The zero-order valence-corrected chi connectivity index (χ0v) is 7.48. The average Bonchev–Trinajstić information content (AvgIpc) is 2.57. The van der Waals surface area contributed by atoms with Crippen LogP contribution in [-0.4, -0.2) is 29.7 Å². The smallest absolute Gasteiger partial charge is 0.297 e. The van der Waals surface area contributed by atoms with E-state index in [9.17, 15) is 13.2 Å². The van der Waals surface area contributed by atoms with Crippen molar-refractivity contribution >= 4 is 0 Å². The fourth-order valence-electron chi connectivity index (χ4n) is 2.64. The molecule has 0 aromatic heterocycles. The molecule has 76 valence electrons. The lowest BCUT2D eigenvalue weighted by Crippen LogP contribution is -2.32. The van der Waals surface area contributed by atoms with Crippen molar-refractivity contribution in [3.05, 3.63) is 0 Å². The summed E-state index contributed by atoms with van der Waals surface area (Å²) in [7, 11) is 0. The maximum Gasteiger partial charge on any atom is 0.390 e. The Morgan fingerprint density at radius 3 is 1.85 bits per heavy atom. The summed E-state index contributed by atoms with van der Waals surface area (Å²) >= 11 is 0. The molecular formula is C9H14F3N. The minimum absolute atomic E-state index is 0.221. The van der Waals surface area contributed by atoms with Gasteiger partial charge in [0.1, 0.15) is 0 Å². The van der Waals surface area contributed by atoms with Gasteiger partial charge in [0.05, 0.1) is 6.42 Å². The largest absolute Gasteiger partial charge is 0.390 e. The predicted molar refractivity (Wildman–Crippen MR) is 43.4 cm³/mol. The van der Waals surface area contributed by atoms with E-state index in [1.54, 1.807) is 0 Å². The van der Waals surface area contributed by atoms with Crippen LogP contribution < -0.4 is 0 Å². The van der Waals surface area contributed by atoms with Gasteiger partial charge in [-0.3, -0.25) is 4.90 Å². The predicted octanol–water partition coefficient (Wildman–Crippen LogP) is 2.57. The Morgan fingerprint density at radius 2 is 1.46 bits per heavy atom. The lowest BCUT2D eigenvalue weighted by molar-refractivity contribution is -0.138. The third-order valence-corrected chi connectivity index (χ3v) is 3.26. The summed E-state index contributed by atoms with van der Waals surface area (Å²) in [5.41, 5.74) is 0. The molecule has 0 aromatic carbocycles. The molecule has 0 atom stereocenters. The molecular weight excluding hydrogens is 179 g/mol. The summed E-state index contributed by atoms with van der Waals surface area (Å²) < 4.78 is 35.9. The molecule has 2 rings (SSSR count). The van der Waals surface area contributed by atoms with Crippen LogP contribution in [0.3, 0.4) is 0 Å². The second-order valence-corrected chi connectivity index (χ2v) is 4.07. The van der Waals surface area contributed by atoms with E-state index < -0.39 is 12.6 Å². The molecule has 13 heavy (non-hydrogen) atoms. The Balaban J connectivity index is 1.83. The van der Waals surface area contributed by atoms with Crippen LogP contribution in [0.2, 0.25) is 0 Å². The van der Waals surface area contributed by atoms with Crippen LogP contribution >= 0.6 is 0 Å². The number of rotatable bonds is 2. The monoisotopic (exact) mass is 193 g/mol. The van der Waals surface area contributed by atoms with Crippen molar-refractivity contribution < 1.29 is 13.2 Å². The molecule has 0 radical (unpaired) electrons. The maximum atomic E-state index is 12.0. The molecule has 1 nitrogen and oxygen atoms in total. The zero-order chi connectivity index (χ0) is 9.47. The van der Waals surface area contributed by atoms with E-state index in [1.165, 1.54) is 0 Å². The van der Waals surface area contributed by atoms with Gasteiger partial charge < -0.3 is 0 Å². The van der Waals surface area contributed by atoms with Gasteiger partial charge in [0.2, 0.25) is 0 Å². The summed E-state index contributed by atoms with van der Waals surface area (Å²) in [6, 6.07) is 0.930. The first-order chi connectivity index (χ1) is 6.06. The number of alkyl halides is 3. The van der Waals surface area contributed by atoms with E-state index in [0.717, 1.165) is 25.7 Å². The normalized spacial score (nSPS) is 34.4. The van der Waals surface area contributed by atoms with Crippen molar-refractivity contribution in [1.29, 1.82) is 0 Å².